The van der Waals surface area contributed by atoms with Crippen molar-refractivity contribution in [3.05, 3.63) is 45.7 Å². The largest absolute Gasteiger partial charge is 0.322 e. The van der Waals surface area contributed by atoms with E-state index in [1.54, 1.807) is 0 Å². The minimum Gasteiger partial charge on any atom is -0.322 e. The minimum atomic E-state index is -0.221. The van der Waals surface area contributed by atoms with Gasteiger partial charge in [-0.25, -0.2) is 0 Å². The van der Waals surface area contributed by atoms with E-state index in [2.05, 4.69) is 11.9 Å². The lowest BCUT2D eigenvalue weighted by molar-refractivity contribution is 0.0749. The van der Waals surface area contributed by atoms with Crippen molar-refractivity contribution in [1.29, 1.82) is 0 Å². The molecule has 1 aliphatic rings. The Morgan fingerprint density at radius 3 is 2.59 bits per heavy atom. The highest BCUT2D eigenvalue weighted by Gasteiger charge is 2.34. The van der Waals surface area contributed by atoms with Crippen LogP contribution in [0.25, 0.3) is 10.9 Å². The van der Waals surface area contributed by atoms with Gasteiger partial charge in [-0.05, 0) is 48.9 Å². The molecule has 3 heteroatoms. The number of fused-ring (bicyclic) bond motifs is 1. The molecule has 0 bridgehead atoms. The fourth-order valence-corrected chi connectivity index (χ4v) is 3.56. The topological polar surface area (TPSA) is 49.9 Å². The van der Waals surface area contributed by atoms with Gasteiger partial charge in [0, 0.05) is 22.1 Å². The van der Waals surface area contributed by atoms with E-state index in [1.807, 2.05) is 31.2 Å². The average molecular weight is 297 g/mol. The van der Waals surface area contributed by atoms with Crippen LogP contribution in [0.5, 0.6) is 0 Å². The standard InChI is InChI=1S/C19H23NO2/c1-3-13-11-15-12-14(7-8-16(15)20-18(13)22)17(21)19(2)9-5-4-6-10-19/h7-8,11-12H,3-6,9-10H2,1-2H3,(H,20,22). The second-order valence-electron chi connectivity index (χ2n) is 6.73. The van der Waals surface area contributed by atoms with E-state index < -0.39 is 0 Å². The maximum absolute atomic E-state index is 12.9. The number of Topliss-reactive ketones (excluding diaryl/α,β-unsaturated/α-hetero) is 1. The molecule has 0 unspecified atom stereocenters. The van der Waals surface area contributed by atoms with Crippen LogP contribution in [0.3, 0.4) is 0 Å². The first kappa shape index (κ1) is 15.0. The van der Waals surface area contributed by atoms with Crippen molar-refractivity contribution in [3.63, 3.8) is 0 Å². The third-order valence-corrected chi connectivity index (χ3v) is 5.07. The van der Waals surface area contributed by atoms with Crippen LogP contribution in [-0.2, 0) is 6.42 Å². The molecule has 3 nitrogen and oxygen atoms in total. The van der Waals surface area contributed by atoms with Gasteiger partial charge in [0.15, 0.2) is 5.78 Å². The van der Waals surface area contributed by atoms with E-state index in [1.165, 1.54) is 6.42 Å². The Morgan fingerprint density at radius 1 is 1.18 bits per heavy atom. The fraction of sp³-hybridized carbons (Fsp3) is 0.474. The van der Waals surface area contributed by atoms with Crippen LogP contribution < -0.4 is 5.56 Å². The molecule has 0 saturated heterocycles. The lowest BCUT2D eigenvalue weighted by Gasteiger charge is -2.32. The van der Waals surface area contributed by atoms with Gasteiger partial charge in [0.2, 0.25) is 0 Å². The summed E-state index contributed by atoms with van der Waals surface area (Å²) in [4.78, 5) is 27.7. The first-order chi connectivity index (χ1) is 10.5. The summed E-state index contributed by atoms with van der Waals surface area (Å²) in [6.45, 7) is 4.07. The number of hydrogen-bond acceptors (Lipinski definition) is 2. The number of aryl methyl sites for hydroxylation is 1. The highest BCUT2D eigenvalue weighted by Crippen LogP contribution is 2.38. The van der Waals surface area contributed by atoms with E-state index in [-0.39, 0.29) is 16.8 Å². The van der Waals surface area contributed by atoms with Crippen LogP contribution in [0, 0.1) is 5.41 Å². The second-order valence-corrected chi connectivity index (χ2v) is 6.73. The molecule has 1 aromatic heterocycles. The Balaban J connectivity index is 2.02. The summed E-state index contributed by atoms with van der Waals surface area (Å²) >= 11 is 0. The number of aromatic amines is 1. The zero-order valence-electron chi connectivity index (χ0n) is 13.4. The summed E-state index contributed by atoms with van der Waals surface area (Å²) in [6.07, 6.45) is 6.18. The van der Waals surface area contributed by atoms with E-state index >= 15 is 0 Å². The SMILES string of the molecule is CCc1cc2cc(C(=O)C3(C)CCCCC3)ccc2[nH]c1=O. The molecule has 116 valence electrons. The number of carbonyl (C=O) groups excluding carboxylic acids is 1. The Morgan fingerprint density at radius 2 is 1.91 bits per heavy atom. The zero-order valence-corrected chi connectivity index (χ0v) is 13.4. The first-order valence-corrected chi connectivity index (χ1v) is 8.24. The summed E-state index contributed by atoms with van der Waals surface area (Å²) in [6, 6.07) is 7.56. The Kier molecular flexibility index (Phi) is 3.90. The monoisotopic (exact) mass is 297 g/mol. The van der Waals surface area contributed by atoms with Crippen molar-refractivity contribution >= 4 is 16.7 Å². The molecule has 0 amide bonds. The lowest BCUT2D eigenvalue weighted by atomic mass is 9.71. The fourth-order valence-electron chi connectivity index (χ4n) is 3.56. The van der Waals surface area contributed by atoms with Crippen molar-refractivity contribution in [2.75, 3.05) is 0 Å². The molecule has 1 aromatic carbocycles. The summed E-state index contributed by atoms with van der Waals surface area (Å²) in [5.74, 6) is 0.248. The smallest absolute Gasteiger partial charge is 0.251 e. The van der Waals surface area contributed by atoms with Crippen molar-refractivity contribution in [2.45, 2.75) is 52.4 Å². The number of nitrogens with one attached hydrogen (secondary N) is 1. The third-order valence-electron chi connectivity index (χ3n) is 5.07. The van der Waals surface area contributed by atoms with Gasteiger partial charge in [-0.1, -0.05) is 33.1 Å². The number of benzene rings is 1. The van der Waals surface area contributed by atoms with Gasteiger partial charge in [-0.2, -0.15) is 0 Å². The lowest BCUT2D eigenvalue weighted by Crippen LogP contribution is -2.30. The van der Waals surface area contributed by atoms with Crippen LogP contribution in [-0.4, -0.2) is 10.8 Å². The van der Waals surface area contributed by atoms with Crippen molar-refractivity contribution < 1.29 is 4.79 Å². The molecule has 1 saturated carbocycles. The zero-order chi connectivity index (χ0) is 15.7. The molecule has 3 rings (SSSR count). The molecule has 1 aliphatic carbocycles. The number of carbonyl (C=O) groups is 1. The highest BCUT2D eigenvalue weighted by molar-refractivity contribution is 6.02. The summed E-state index contributed by atoms with van der Waals surface area (Å²) in [5.41, 5.74) is 2.08. The predicted octanol–water partition coefficient (Wildman–Crippen LogP) is 4.24. The molecule has 2 aromatic rings. The summed E-state index contributed by atoms with van der Waals surface area (Å²) in [5, 5.41) is 0.946. The van der Waals surface area contributed by atoms with Crippen molar-refractivity contribution in [2.24, 2.45) is 5.41 Å². The maximum atomic E-state index is 12.9. The number of hydrogen-bond donors (Lipinski definition) is 1. The Hall–Kier alpha value is -1.90. The summed E-state index contributed by atoms with van der Waals surface area (Å²) < 4.78 is 0. The van der Waals surface area contributed by atoms with E-state index in [9.17, 15) is 9.59 Å². The van der Waals surface area contributed by atoms with E-state index in [4.69, 9.17) is 0 Å². The van der Waals surface area contributed by atoms with Crippen LogP contribution in [0.4, 0.5) is 0 Å². The maximum Gasteiger partial charge on any atom is 0.251 e. The first-order valence-electron chi connectivity index (χ1n) is 8.24. The molecule has 1 heterocycles. The summed E-state index contributed by atoms with van der Waals surface area (Å²) in [7, 11) is 0. The van der Waals surface area contributed by atoms with Crippen LogP contribution >= 0.6 is 0 Å². The van der Waals surface area contributed by atoms with E-state index in [0.717, 1.165) is 47.7 Å². The second kappa shape index (κ2) is 5.71. The average Bonchev–Trinajstić information content (AvgIpc) is 2.53. The molecule has 22 heavy (non-hydrogen) atoms. The number of rotatable bonds is 3. The van der Waals surface area contributed by atoms with Crippen LogP contribution in [0.15, 0.2) is 29.1 Å². The number of ketones is 1. The van der Waals surface area contributed by atoms with Gasteiger partial charge in [0.1, 0.15) is 0 Å². The quantitative estimate of drug-likeness (QED) is 0.861. The Bertz CT molecular complexity index is 767. The molecular weight excluding hydrogens is 274 g/mol. The molecule has 0 atom stereocenters. The molecule has 0 spiro atoms. The van der Waals surface area contributed by atoms with Gasteiger partial charge in [0.25, 0.3) is 5.56 Å². The number of H-pyrrole nitrogens is 1. The van der Waals surface area contributed by atoms with Crippen molar-refractivity contribution in [3.8, 4) is 0 Å². The number of aromatic nitrogens is 1. The van der Waals surface area contributed by atoms with Crippen LogP contribution in [0.2, 0.25) is 0 Å². The molecular formula is C19H23NO2. The van der Waals surface area contributed by atoms with Crippen LogP contribution in [0.1, 0.15) is 61.9 Å². The molecule has 0 aliphatic heterocycles. The predicted molar refractivity (Wildman–Crippen MR) is 89.5 cm³/mol. The van der Waals surface area contributed by atoms with Gasteiger partial charge in [-0.15, -0.1) is 0 Å². The van der Waals surface area contributed by atoms with E-state index in [0.29, 0.717) is 6.42 Å². The van der Waals surface area contributed by atoms with Gasteiger partial charge < -0.3 is 4.98 Å². The molecule has 0 radical (unpaired) electrons. The number of pyridine rings is 1. The minimum absolute atomic E-state index is 0.0340. The third kappa shape index (κ3) is 2.60. The highest BCUT2D eigenvalue weighted by atomic mass is 16.1. The molecule has 1 fully saturated rings. The Labute approximate surface area is 130 Å². The van der Waals surface area contributed by atoms with Gasteiger partial charge >= 0.3 is 0 Å². The molecule has 1 N–H and O–H groups in total. The van der Waals surface area contributed by atoms with Crippen molar-refractivity contribution in [1.82, 2.24) is 4.98 Å². The van der Waals surface area contributed by atoms with Gasteiger partial charge in [0.05, 0.1) is 0 Å². The normalized spacial score (nSPS) is 17.5. The van der Waals surface area contributed by atoms with Gasteiger partial charge in [-0.3, -0.25) is 9.59 Å².